The Balaban J connectivity index is 2.03. The zero-order chi connectivity index (χ0) is 11.5. The first kappa shape index (κ1) is 11.6. The van der Waals surface area contributed by atoms with Crippen LogP contribution < -0.4 is 5.32 Å². The summed E-state index contributed by atoms with van der Waals surface area (Å²) in [5.41, 5.74) is 4.37. The second-order valence-electron chi connectivity index (χ2n) is 4.86. The molecule has 0 saturated carbocycles. The monoisotopic (exact) mass is 219 g/mol. The van der Waals surface area contributed by atoms with Crippen LogP contribution in [0.15, 0.2) is 18.2 Å². The molecule has 0 amide bonds. The second kappa shape index (κ2) is 4.98. The van der Waals surface area contributed by atoms with E-state index in [-0.39, 0.29) is 6.10 Å². The van der Waals surface area contributed by atoms with Crippen LogP contribution in [0.3, 0.4) is 0 Å². The van der Waals surface area contributed by atoms with Gasteiger partial charge in [0.2, 0.25) is 0 Å². The van der Waals surface area contributed by atoms with E-state index < -0.39 is 0 Å². The van der Waals surface area contributed by atoms with Crippen LogP contribution in [0.2, 0.25) is 0 Å². The van der Waals surface area contributed by atoms with Gasteiger partial charge in [0.15, 0.2) is 0 Å². The van der Waals surface area contributed by atoms with E-state index in [9.17, 15) is 5.11 Å². The second-order valence-corrected chi connectivity index (χ2v) is 4.86. The van der Waals surface area contributed by atoms with Crippen molar-refractivity contribution in [1.82, 2.24) is 5.32 Å². The first-order valence-corrected chi connectivity index (χ1v) is 6.20. The largest absolute Gasteiger partial charge is 0.392 e. The fourth-order valence-electron chi connectivity index (χ4n) is 2.33. The lowest BCUT2D eigenvalue weighted by atomic mass is 10.0. The Morgan fingerprint density at radius 1 is 1.25 bits per heavy atom. The van der Waals surface area contributed by atoms with Crippen LogP contribution >= 0.6 is 0 Å². The highest BCUT2D eigenvalue weighted by molar-refractivity contribution is 5.36. The van der Waals surface area contributed by atoms with E-state index in [0.29, 0.717) is 12.6 Å². The smallest absolute Gasteiger partial charge is 0.0636 e. The van der Waals surface area contributed by atoms with Gasteiger partial charge in [-0.2, -0.15) is 0 Å². The molecule has 16 heavy (non-hydrogen) atoms. The molecule has 2 atom stereocenters. The van der Waals surface area contributed by atoms with Crippen LogP contribution in [0.25, 0.3) is 0 Å². The molecule has 2 heteroatoms. The van der Waals surface area contributed by atoms with Crippen LogP contribution in [0.5, 0.6) is 0 Å². The van der Waals surface area contributed by atoms with Crippen molar-refractivity contribution >= 4 is 0 Å². The van der Waals surface area contributed by atoms with E-state index in [2.05, 4.69) is 30.4 Å². The minimum atomic E-state index is -0.281. The molecule has 0 fully saturated rings. The van der Waals surface area contributed by atoms with Crippen molar-refractivity contribution in [3.05, 3.63) is 34.9 Å². The zero-order valence-electron chi connectivity index (χ0n) is 10.2. The van der Waals surface area contributed by atoms with Crippen LogP contribution in [-0.4, -0.2) is 17.8 Å². The molecule has 1 aromatic carbocycles. The third-order valence-electron chi connectivity index (χ3n) is 3.34. The molecule has 1 aliphatic rings. The molecule has 1 aromatic rings. The normalized spacial score (nSPS) is 18.2. The number of benzene rings is 1. The van der Waals surface area contributed by atoms with Gasteiger partial charge in [-0.25, -0.2) is 0 Å². The van der Waals surface area contributed by atoms with Gasteiger partial charge in [-0.15, -0.1) is 0 Å². The van der Waals surface area contributed by atoms with E-state index in [1.165, 1.54) is 36.0 Å². The van der Waals surface area contributed by atoms with Crippen molar-refractivity contribution in [3.63, 3.8) is 0 Å². The Labute approximate surface area is 97.7 Å². The Morgan fingerprint density at radius 3 is 2.75 bits per heavy atom. The van der Waals surface area contributed by atoms with Crippen molar-refractivity contribution in [2.45, 2.75) is 45.3 Å². The highest BCUT2D eigenvalue weighted by Gasteiger charge is 2.13. The van der Waals surface area contributed by atoms with Crippen molar-refractivity contribution in [1.29, 1.82) is 0 Å². The van der Waals surface area contributed by atoms with E-state index >= 15 is 0 Å². The van der Waals surface area contributed by atoms with E-state index in [1.807, 2.05) is 6.92 Å². The molecule has 0 saturated heterocycles. The molecule has 0 spiro atoms. The van der Waals surface area contributed by atoms with Crippen molar-refractivity contribution < 1.29 is 5.11 Å². The van der Waals surface area contributed by atoms with E-state index in [1.54, 1.807) is 0 Å². The molecule has 2 nitrogen and oxygen atoms in total. The number of fused-ring (bicyclic) bond motifs is 1. The fourth-order valence-corrected chi connectivity index (χ4v) is 2.33. The maximum absolute atomic E-state index is 9.24. The number of aliphatic hydroxyl groups excluding tert-OH is 1. The molecule has 0 aromatic heterocycles. The molecule has 2 N–H and O–H groups in total. The van der Waals surface area contributed by atoms with E-state index in [0.717, 1.165) is 0 Å². The fraction of sp³-hybridized carbons (Fsp3) is 0.571. The molecule has 2 rings (SSSR count). The van der Waals surface area contributed by atoms with Crippen LogP contribution in [0, 0.1) is 0 Å². The summed E-state index contributed by atoms with van der Waals surface area (Å²) in [4.78, 5) is 0. The van der Waals surface area contributed by atoms with Gasteiger partial charge in [0, 0.05) is 12.6 Å². The lowest BCUT2D eigenvalue weighted by Gasteiger charge is -2.16. The van der Waals surface area contributed by atoms with E-state index in [4.69, 9.17) is 0 Å². The van der Waals surface area contributed by atoms with Gasteiger partial charge in [-0.1, -0.05) is 18.2 Å². The summed E-state index contributed by atoms with van der Waals surface area (Å²) < 4.78 is 0. The lowest BCUT2D eigenvalue weighted by molar-refractivity contribution is 0.187. The maximum atomic E-state index is 9.24. The number of hydrogen-bond donors (Lipinski definition) is 2. The number of aryl methyl sites for hydroxylation is 2. The summed E-state index contributed by atoms with van der Waals surface area (Å²) in [6.45, 7) is 4.61. The Bertz CT molecular complexity index is 360. The third kappa shape index (κ3) is 2.63. The molecule has 0 aliphatic heterocycles. The summed E-state index contributed by atoms with van der Waals surface area (Å²) in [6.07, 6.45) is 3.49. The average molecular weight is 219 g/mol. The highest BCUT2D eigenvalue weighted by Crippen LogP contribution is 2.25. The van der Waals surface area contributed by atoms with Gasteiger partial charge in [0.25, 0.3) is 0 Å². The molecular formula is C14H21NO. The molecule has 0 radical (unpaired) electrons. The third-order valence-corrected chi connectivity index (χ3v) is 3.34. The topological polar surface area (TPSA) is 32.3 Å². The molecule has 2 unspecified atom stereocenters. The Morgan fingerprint density at radius 2 is 2.00 bits per heavy atom. The summed E-state index contributed by atoms with van der Waals surface area (Å²) in [5, 5.41) is 12.6. The summed E-state index contributed by atoms with van der Waals surface area (Å²) in [5.74, 6) is 0. The zero-order valence-corrected chi connectivity index (χ0v) is 10.2. The maximum Gasteiger partial charge on any atom is 0.0636 e. The minimum Gasteiger partial charge on any atom is -0.392 e. The van der Waals surface area contributed by atoms with Crippen molar-refractivity contribution in [3.8, 4) is 0 Å². The first-order valence-electron chi connectivity index (χ1n) is 6.20. The number of aliphatic hydroxyl groups is 1. The Hall–Kier alpha value is -0.860. The van der Waals surface area contributed by atoms with Gasteiger partial charge < -0.3 is 10.4 Å². The number of rotatable bonds is 4. The van der Waals surface area contributed by atoms with Crippen molar-refractivity contribution in [2.75, 3.05) is 6.54 Å². The average Bonchev–Trinajstić information content (AvgIpc) is 2.72. The van der Waals surface area contributed by atoms with Crippen LogP contribution in [0.1, 0.15) is 43.0 Å². The highest BCUT2D eigenvalue weighted by atomic mass is 16.3. The van der Waals surface area contributed by atoms with Crippen LogP contribution in [-0.2, 0) is 12.8 Å². The predicted molar refractivity (Wildman–Crippen MR) is 66.6 cm³/mol. The number of hydrogen-bond acceptors (Lipinski definition) is 2. The number of nitrogens with one attached hydrogen (secondary N) is 1. The van der Waals surface area contributed by atoms with Gasteiger partial charge in [-0.3, -0.25) is 0 Å². The molecule has 1 aliphatic carbocycles. The SMILES string of the molecule is CC(O)CNC(C)c1ccc2c(c1)CCC2. The molecule has 0 bridgehead atoms. The molecular weight excluding hydrogens is 198 g/mol. The quantitative estimate of drug-likeness (QED) is 0.813. The molecule has 88 valence electrons. The summed E-state index contributed by atoms with van der Waals surface area (Å²) >= 11 is 0. The summed E-state index contributed by atoms with van der Waals surface area (Å²) in [6, 6.07) is 7.12. The standard InChI is InChI=1S/C14H21NO/c1-10(16)9-15-11(2)13-7-6-12-4-3-5-14(12)8-13/h6-8,10-11,15-16H,3-5,9H2,1-2H3. The lowest BCUT2D eigenvalue weighted by Crippen LogP contribution is -2.27. The van der Waals surface area contributed by atoms with Crippen LogP contribution in [0.4, 0.5) is 0 Å². The predicted octanol–water partition coefficient (Wildman–Crippen LogP) is 2.21. The Kier molecular flexibility index (Phi) is 3.62. The van der Waals surface area contributed by atoms with Gasteiger partial charge in [-0.05, 0) is 49.8 Å². The van der Waals surface area contributed by atoms with Gasteiger partial charge in [0.1, 0.15) is 0 Å². The first-order chi connectivity index (χ1) is 7.66. The van der Waals surface area contributed by atoms with Gasteiger partial charge >= 0.3 is 0 Å². The minimum absolute atomic E-state index is 0.281. The van der Waals surface area contributed by atoms with Crippen molar-refractivity contribution in [2.24, 2.45) is 0 Å². The molecule has 0 heterocycles. The van der Waals surface area contributed by atoms with Gasteiger partial charge in [0.05, 0.1) is 6.10 Å². The summed E-state index contributed by atoms with van der Waals surface area (Å²) in [7, 11) is 0.